The third kappa shape index (κ3) is 5.99. The second-order valence-corrected chi connectivity index (χ2v) is 7.34. The van der Waals surface area contributed by atoms with Crippen molar-refractivity contribution in [1.82, 2.24) is 0 Å². The molecule has 0 spiro atoms. The van der Waals surface area contributed by atoms with Crippen LogP contribution in [0.25, 0.3) is 0 Å². The summed E-state index contributed by atoms with van der Waals surface area (Å²) in [6, 6.07) is 34.8. The molecule has 0 bridgehead atoms. The summed E-state index contributed by atoms with van der Waals surface area (Å²) in [7, 11) is 0. The smallest absolute Gasteiger partial charge is 0.259 e. The Morgan fingerprint density at radius 1 is 0.688 bits per heavy atom. The maximum atomic E-state index is 12.9. The number of hydrogen-bond donors (Lipinski definition) is 1. The van der Waals surface area contributed by atoms with Gasteiger partial charge in [0, 0.05) is 18.2 Å². The number of para-hydroxylation sites is 1. The van der Waals surface area contributed by atoms with Crippen LogP contribution < -0.4 is 14.8 Å². The number of ether oxygens (including phenoxy) is 2. The first-order valence-corrected chi connectivity index (χ1v) is 10.6. The van der Waals surface area contributed by atoms with Crippen molar-refractivity contribution < 1.29 is 14.3 Å². The highest BCUT2D eigenvalue weighted by molar-refractivity contribution is 6.06. The molecular formula is C28H25NO3. The number of anilines is 1. The van der Waals surface area contributed by atoms with Gasteiger partial charge in [-0.15, -0.1) is 0 Å². The van der Waals surface area contributed by atoms with E-state index >= 15 is 0 Å². The van der Waals surface area contributed by atoms with Gasteiger partial charge < -0.3 is 14.8 Å². The van der Waals surface area contributed by atoms with Crippen molar-refractivity contribution in [2.24, 2.45) is 0 Å². The first-order valence-electron chi connectivity index (χ1n) is 10.6. The minimum Gasteiger partial charge on any atom is -0.493 e. The van der Waals surface area contributed by atoms with Crippen LogP contribution in [0.3, 0.4) is 0 Å². The highest BCUT2D eigenvalue weighted by atomic mass is 16.5. The van der Waals surface area contributed by atoms with Crippen LogP contribution >= 0.6 is 0 Å². The predicted octanol–water partition coefficient (Wildman–Crippen LogP) is 6.14. The highest BCUT2D eigenvalue weighted by Gasteiger charge is 2.13. The second-order valence-electron chi connectivity index (χ2n) is 7.34. The van der Waals surface area contributed by atoms with Gasteiger partial charge in [-0.05, 0) is 35.4 Å². The maximum absolute atomic E-state index is 12.9. The van der Waals surface area contributed by atoms with E-state index < -0.39 is 0 Å². The van der Waals surface area contributed by atoms with E-state index in [2.05, 4.69) is 17.4 Å². The lowest BCUT2D eigenvalue weighted by atomic mass is 10.1. The van der Waals surface area contributed by atoms with Crippen molar-refractivity contribution in [3.05, 3.63) is 126 Å². The van der Waals surface area contributed by atoms with Gasteiger partial charge in [0.1, 0.15) is 18.1 Å². The van der Waals surface area contributed by atoms with Gasteiger partial charge in [0.2, 0.25) is 0 Å². The van der Waals surface area contributed by atoms with E-state index in [1.165, 1.54) is 5.56 Å². The largest absolute Gasteiger partial charge is 0.493 e. The van der Waals surface area contributed by atoms with Crippen LogP contribution in [0.15, 0.2) is 109 Å². The molecule has 1 N–H and O–H groups in total. The number of carbonyl (C=O) groups excluding carboxylic acids is 1. The van der Waals surface area contributed by atoms with Crippen LogP contribution in [0, 0.1) is 0 Å². The maximum Gasteiger partial charge on any atom is 0.259 e. The van der Waals surface area contributed by atoms with Crippen LogP contribution in [0.5, 0.6) is 11.5 Å². The van der Waals surface area contributed by atoms with Gasteiger partial charge in [0.25, 0.3) is 5.91 Å². The Hall–Kier alpha value is -4.05. The van der Waals surface area contributed by atoms with Crippen molar-refractivity contribution in [1.29, 1.82) is 0 Å². The number of carbonyl (C=O) groups is 1. The van der Waals surface area contributed by atoms with Crippen LogP contribution in [0.4, 0.5) is 5.69 Å². The molecule has 0 aliphatic heterocycles. The standard InChI is InChI=1S/C28H25NO3/c30-28(26-16-7-8-17-27(26)32-21-23-12-5-2-6-13-23)29-24-14-9-15-25(20-24)31-19-18-22-10-3-1-4-11-22/h1-17,20H,18-19,21H2,(H,29,30). The molecule has 0 aromatic heterocycles. The summed E-state index contributed by atoms with van der Waals surface area (Å²) < 4.78 is 11.8. The van der Waals surface area contributed by atoms with Gasteiger partial charge in [0.05, 0.1) is 12.2 Å². The zero-order chi connectivity index (χ0) is 22.0. The third-order valence-corrected chi connectivity index (χ3v) is 4.96. The number of amides is 1. The highest BCUT2D eigenvalue weighted by Crippen LogP contribution is 2.23. The Morgan fingerprint density at radius 2 is 1.38 bits per heavy atom. The fourth-order valence-electron chi connectivity index (χ4n) is 3.31. The summed E-state index contributed by atoms with van der Waals surface area (Å²) in [5, 5.41) is 2.95. The molecule has 0 aliphatic rings. The molecule has 4 nitrogen and oxygen atoms in total. The van der Waals surface area contributed by atoms with Crippen molar-refractivity contribution in [2.75, 3.05) is 11.9 Å². The molecule has 1 amide bonds. The number of rotatable bonds is 9. The summed E-state index contributed by atoms with van der Waals surface area (Å²) in [5.41, 5.74) is 3.43. The van der Waals surface area contributed by atoms with Crippen LogP contribution in [0.1, 0.15) is 21.5 Å². The topological polar surface area (TPSA) is 47.6 Å². The van der Waals surface area contributed by atoms with Crippen molar-refractivity contribution >= 4 is 11.6 Å². The fraction of sp³-hybridized carbons (Fsp3) is 0.107. The Labute approximate surface area is 188 Å². The van der Waals surface area contributed by atoms with E-state index in [1.807, 2.05) is 84.9 Å². The van der Waals surface area contributed by atoms with Crippen molar-refractivity contribution in [2.45, 2.75) is 13.0 Å². The molecule has 0 aliphatic carbocycles. The van der Waals surface area contributed by atoms with Crippen molar-refractivity contribution in [3.63, 3.8) is 0 Å². The average Bonchev–Trinajstić information content (AvgIpc) is 2.84. The Kier molecular flexibility index (Phi) is 7.17. The summed E-state index contributed by atoms with van der Waals surface area (Å²) >= 11 is 0. The monoisotopic (exact) mass is 423 g/mol. The Balaban J connectivity index is 1.37. The van der Waals surface area contributed by atoms with Gasteiger partial charge >= 0.3 is 0 Å². The molecule has 0 atom stereocenters. The van der Waals surface area contributed by atoms with Gasteiger partial charge in [-0.1, -0.05) is 78.9 Å². The zero-order valence-corrected chi connectivity index (χ0v) is 17.7. The zero-order valence-electron chi connectivity index (χ0n) is 17.7. The van der Waals surface area contributed by atoms with Crippen LogP contribution in [-0.4, -0.2) is 12.5 Å². The molecule has 32 heavy (non-hydrogen) atoms. The molecule has 0 saturated heterocycles. The Bertz CT molecular complexity index is 1140. The van der Waals surface area contributed by atoms with Gasteiger partial charge in [0.15, 0.2) is 0 Å². The summed E-state index contributed by atoms with van der Waals surface area (Å²) in [5.74, 6) is 1.03. The lowest BCUT2D eigenvalue weighted by Crippen LogP contribution is -2.13. The van der Waals surface area contributed by atoms with Crippen molar-refractivity contribution in [3.8, 4) is 11.5 Å². The predicted molar refractivity (Wildman–Crippen MR) is 127 cm³/mol. The molecule has 0 saturated carbocycles. The second kappa shape index (κ2) is 10.8. The van der Waals surface area contributed by atoms with Gasteiger partial charge in [-0.25, -0.2) is 0 Å². The molecule has 4 aromatic carbocycles. The van der Waals surface area contributed by atoms with E-state index in [0.29, 0.717) is 36.0 Å². The SMILES string of the molecule is O=C(Nc1cccc(OCCc2ccccc2)c1)c1ccccc1OCc1ccccc1. The molecule has 0 fully saturated rings. The third-order valence-electron chi connectivity index (χ3n) is 4.96. The molecular weight excluding hydrogens is 398 g/mol. The Morgan fingerprint density at radius 3 is 2.16 bits per heavy atom. The van der Waals surface area contributed by atoms with Crippen LogP contribution in [-0.2, 0) is 13.0 Å². The van der Waals surface area contributed by atoms with E-state index in [0.717, 1.165) is 12.0 Å². The number of nitrogens with one attached hydrogen (secondary N) is 1. The molecule has 4 aromatic rings. The fourth-order valence-corrected chi connectivity index (χ4v) is 3.31. The minimum atomic E-state index is -0.227. The summed E-state index contributed by atoms with van der Waals surface area (Å²) in [6.07, 6.45) is 0.823. The van der Waals surface area contributed by atoms with Gasteiger partial charge in [-0.3, -0.25) is 4.79 Å². The molecule has 160 valence electrons. The molecule has 4 rings (SSSR count). The first-order chi connectivity index (χ1) is 15.8. The molecule has 4 heteroatoms. The number of hydrogen-bond acceptors (Lipinski definition) is 3. The van der Waals surface area contributed by atoms with E-state index in [4.69, 9.17) is 9.47 Å². The van der Waals surface area contributed by atoms with E-state index in [9.17, 15) is 4.79 Å². The molecule has 0 unspecified atom stereocenters. The van der Waals surface area contributed by atoms with E-state index in [-0.39, 0.29) is 5.91 Å². The lowest BCUT2D eigenvalue weighted by molar-refractivity contribution is 0.102. The first kappa shape index (κ1) is 21.2. The summed E-state index contributed by atoms with van der Waals surface area (Å²) in [6.45, 7) is 0.966. The van der Waals surface area contributed by atoms with Crippen LogP contribution in [0.2, 0.25) is 0 Å². The average molecular weight is 424 g/mol. The molecule has 0 radical (unpaired) electrons. The van der Waals surface area contributed by atoms with Gasteiger partial charge in [-0.2, -0.15) is 0 Å². The molecule has 0 heterocycles. The lowest BCUT2D eigenvalue weighted by Gasteiger charge is -2.13. The normalized spacial score (nSPS) is 10.4. The minimum absolute atomic E-state index is 0.227. The van der Waals surface area contributed by atoms with E-state index in [1.54, 1.807) is 12.1 Å². The quantitative estimate of drug-likeness (QED) is 0.352. The summed E-state index contributed by atoms with van der Waals surface area (Å²) in [4.78, 5) is 12.9. The number of benzene rings is 4.